The van der Waals surface area contributed by atoms with Crippen LogP contribution in [0.3, 0.4) is 0 Å². The molecule has 6 nitrogen and oxygen atoms in total. The number of benzene rings is 2. The number of hydrogen-bond acceptors (Lipinski definition) is 4. The Morgan fingerprint density at radius 2 is 1.80 bits per heavy atom. The molecule has 1 heterocycles. The molecule has 0 radical (unpaired) electrons. The third kappa shape index (κ3) is 4.43. The molecule has 0 aliphatic carbocycles. The molecule has 3 rings (SSSR count). The van der Waals surface area contributed by atoms with Crippen molar-refractivity contribution in [3.05, 3.63) is 81.3 Å². The highest BCUT2D eigenvalue weighted by molar-refractivity contribution is 5.92. The first kappa shape index (κ1) is 21.3. The van der Waals surface area contributed by atoms with Crippen LogP contribution in [0.15, 0.2) is 53.5 Å². The summed E-state index contributed by atoms with van der Waals surface area (Å²) >= 11 is 0. The topological polar surface area (TPSA) is 84.2 Å². The van der Waals surface area contributed by atoms with Crippen LogP contribution >= 0.6 is 0 Å². The largest absolute Gasteiger partial charge is 0.503 e. The van der Waals surface area contributed by atoms with E-state index in [1.54, 1.807) is 0 Å². The zero-order chi connectivity index (χ0) is 22.1. The van der Waals surface area contributed by atoms with E-state index < -0.39 is 17.1 Å². The molecule has 0 aliphatic heterocycles. The fourth-order valence-electron chi connectivity index (χ4n) is 3.33. The van der Waals surface area contributed by atoms with Crippen molar-refractivity contribution in [3.63, 3.8) is 0 Å². The van der Waals surface area contributed by atoms with E-state index in [1.807, 2.05) is 19.1 Å². The Hall–Kier alpha value is -3.41. The van der Waals surface area contributed by atoms with Crippen molar-refractivity contribution >= 4 is 5.91 Å². The Labute approximate surface area is 176 Å². The molecular formula is C24H27N3O3. The Morgan fingerprint density at radius 1 is 1.13 bits per heavy atom. The summed E-state index contributed by atoms with van der Waals surface area (Å²) in [6.07, 6.45) is 1.25. The minimum Gasteiger partial charge on any atom is -0.503 e. The van der Waals surface area contributed by atoms with Crippen LogP contribution in [-0.4, -0.2) is 27.8 Å². The van der Waals surface area contributed by atoms with E-state index in [9.17, 15) is 14.7 Å². The van der Waals surface area contributed by atoms with Gasteiger partial charge in [0.2, 0.25) is 0 Å². The predicted molar refractivity (Wildman–Crippen MR) is 118 cm³/mol. The summed E-state index contributed by atoms with van der Waals surface area (Å²) in [4.78, 5) is 24.0. The fraction of sp³-hybridized carbons (Fsp3) is 0.292. The van der Waals surface area contributed by atoms with Gasteiger partial charge < -0.3 is 10.4 Å². The minimum absolute atomic E-state index is 0.0717. The average Bonchev–Trinajstić information content (AvgIpc) is 2.69. The SMILES string of the molecule is CNC(=O)c1nn(Cc2cc(C)ccc2-c2ccc(C(C)(C)C)cc2)cc(O)c1=O. The maximum absolute atomic E-state index is 12.0. The molecule has 6 heteroatoms. The van der Waals surface area contributed by atoms with E-state index in [-0.39, 0.29) is 11.1 Å². The summed E-state index contributed by atoms with van der Waals surface area (Å²) < 4.78 is 1.42. The third-order valence-corrected chi connectivity index (χ3v) is 5.04. The first-order chi connectivity index (χ1) is 14.1. The number of carbonyl (C=O) groups excluding carboxylic acids is 1. The molecule has 1 aromatic heterocycles. The normalized spacial score (nSPS) is 11.4. The van der Waals surface area contributed by atoms with E-state index in [0.717, 1.165) is 22.3 Å². The van der Waals surface area contributed by atoms with Crippen molar-refractivity contribution in [1.82, 2.24) is 15.1 Å². The molecular weight excluding hydrogens is 378 g/mol. The van der Waals surface area contributed by atoms with Gasteiger partial charge in [-0.05, 0) is 34.6 Å². The Kier molecular flexibility index (Phi) is 5.78. The van der Waals surface area contributed by atoms with Gasteiger partial charge in [-0.1, -0.05) is 68.8 Å². The molecule has 156 valence electrons. The lowest BCUT2D eigenvalue weighted by molar-refractivity contribution is 0.0954. The van der Waals surface area contributed by atoms with E-state index in [4.69, 9.17) is 0 Å². The maximum atomic E-state index is 12.0. The molecule has 0 atom stereocenters. The monoisotopic (exact) mass is 405 g/mol. The van der Waals surface area contributed by atoms with Crippen LogP contribution in [0, 0.1) is 6.92 Å². The number of nitrogens with zero attached hydrogens (tertiary/aromatic N) is 2. The van der Waals surface area contributed by atoms with Crippen molar-refractivity contribution in [2.75, 3.05) is 7.05 Å². The van der Waals surface area contributed by atoms with Gasteiger partial charge in [0.25, 0.3) is 11.3 Å². The zero-order valence-electron chi connectivity index (χ0n) is 18.0. The van der Waals surface area contributed by atoms with Crippen LogP contribution in [0.5, 0.6) is 5.75 Å². The second kappa shape index (κ2) is 8.14. The lowest BCUT2D eigenvalue weighted by Gasteiger charge is -2.20. The molecule has 2 N–H and O–H groups in total. The van der Waals surface area contributed by atoms with Crippen LogP contribution in [0.1, 0.15) is 48.0 Å². The van der Waals surface area contributed by atoms with Crippen molar-refractivity contribution in [1.29, 1.82) is 0 Å². The van der Waals surface area contributed by atoms with E-state index in [0.29, 0.717) is 6.54 Å². The molecule has 0 aliphatic rings. The van der Waals surface area contributed by atoms with Gasteiger partial charge in [-0.3, -0.25) is 14.3 Å². The number of aromatic nitrogens is 2. The summed E-state index contributed by atoms with van der Waals surface area (Å²) in [5, 5.41) is 16.5. The lowest BCUT2D eigenvalue weighted by atomic mass is 9.86. The highest BCUT2D eigenvalue weighted by atomic mass is 16.3. The molecule has 30 heavy (non-hydrogen) atoms. The minimum atomic E-state index is -0.784. The van der Waals surface area contributed by atoms with Crippen LogP contribution in [0.4, 0.5) is 0 Å². The van der Waals surface area contributed by atoms with Crippen LogP contribution < -0.4 is 10.7 Å². The van der Waals surface area contributed by atoms with E-state index in [1.165, 1.54) is 23.5 Å². The molecule has 0 saturated carbocycles. The first-order valence-electron chi connectivity index (χ1n) is 9.83. The van der Waals surface area contributed by atoms with Crippen molar-refractivity contribution in [2.24, 2.45) is 0 Å². The highest BCUT2D eigenvalue weighted by Crippen LogP contribution is 2.29. The summed E-state index contributed by atoms with van der Waals surface area (Å²) in [7, 11) is 1.41. The molecule has 3 aromatic rings. The number of aromatic hydroxyl groups is 1. The van der Waals surface area contributed by atoms with Gasteiger partial charge in [-0.25, -0.2) is 0 Å². The van der Waals surface area contributed by atoms with Gasteiger partial charge in [0.1, 0.15) is 0 Å². The Balaban J connectivity index is 2.04. The number of rotatable bonds is 4. The first-order valence-corrected chi connectivity index (χ1v) is 9.83. The van der Waals surface area contributed by atoms with Gasteiger partial charge >= 0.3 is 0 Å². The molecule has 1 amide bonds. The van der Waals surface area contributed by atoms with Gasteiger partial charge in [0, 0.05) is 7.05 Å². The average molecular weight is 405 g/mol. The third-order valence-electron chi connectivity index (χ3n) is 5.04. The van der Waals surface area contributed by atoms with Gasteiger partial charge in [0.15, 0.2) is 11.4 Å². The predicted octanol–water partition coefficient (Wildman–Crippen LogP) is 3.63. The highest BCUT2D eigenvalue weighted by Gasteiger charge is 2.17. The summed E-state index contributed by atoms with van der Waals surface area (Å²) in [5.74, 6) is -1.14. The molecule has 0 spiro atoms. The number of nitrogens with one attached hydrogen (secondary N) is 1. The van der Waals surface area contributed by atoms with Gasteiger partial charge in [-0.2, -0.15) is 5.10 Å². The second-order valence-corrected chi connectivity index (χ2v) is 8.46. The number of aryl methyl sites for hydroxylation is 1. The lowest BCUT2D eigenvalue weighted by Crippen LogP contribution is -2.29. The van der Waals surface area contributed by atoms with E-state index >= 15 is 0 Å². The van der Waals surface area contributed by atoms with E-state index in [2.05, 4.69) is 61.5 Å². The summed E-state index contributed by atoms with van der Waals surface area (Å²) in [6.45, 7) is 8.84. The smallest absolute Gasteiger partial charge is 0.275 e. The zero-order valence-corrected chi connectivity index (χ0v) is 18.0. The number of carbonyl (C=O) groups is 1. The second-order valence-electron chi connectivity index (χ2n) is 8.46. The molecule has 0 bridgehead atoms. The fourth-order valence-corrected chi connectivity index (χ4v) is 3.33. The van der Waals surface area contributed by atoms with Crippen molar-refractivity contribution in [3.8, 4) is 16.9 Å². The molecule has 2 aromatic carbocycles. The van der Waals surface area contributed by atoms with Gasteiger partial charge in [-0.15, -0.1) is 0 Å². The van der Waals surface area contributed by atoms with Crippen molar-refractivity contribution < 1.29 is 9.90 Å². The Bertz CT molecular complexity index is 1140. The number of amides is 1. The molecule has 0 unspecified atom stereocenters. The number of hydrogen-bond donors (Lipinski definition) is 2. The molecule has 0 fully saturated rings. The quantitative estimate of drug-likeness (QED) is 0.694. The van der Waals surface area contributed by atoms with Crippen LogP contribution in [0.2, 0.25) is 0 Å². The Morgan fingerprint density at radius 3 is 2.40 bits per heavy atom. The molecule has 0 saturated heterocycles. The van der Waals surface area contributed by atoms with Crippen LogP contribution in [-0.2, 0) is 12.0 Å². The maximum Gasteiger partial charge on any atom is 0.275 e. The standard InChI is InChI=1S/C24H27N3O3/c1-15-6-11-19(16-7-9-18(10-8-16)24(2,3)4)17(12-15)13-27-14-20(28)22(29)21(26-27)23(30)25-5/h6-12,14,28H,13H2,1-5H3,(H,25,30). The summed E-state index contributed by atoms with van der Waals surface area (Å²) in [5.41, 5.74) is 4.35. The van der Waals surface area contributed by atoms with Gasteiger partial charge in [0.05, 0.1) is 12.7 Å². The van der Waals surface area contributed by atoms with Crippen molar-refractivity contribution in [2.45, 2.75) is 39.7 Å². The summed E-state index contributed by atoms with van der Waals surface area (Å²) in [6, 6.07) is 14.6. The van der Waals surface area contributed by atoms with Crippen LogP contribution in [0.25, 0.3) is 11.1 Å².